The number of rotatable bonds is 5. The molecule has 18 heavy (non-hydrogen) atoms. The van der Waals surface area contributed by atoms with Gasteiger partial charge < -0.3 is 15.8 Å². The summed E-state index contributed by atoms with van der Waals surface area (Å²) in [5.41, 5.74) is 5.38. The van der Waals surface area contributed by atoms with E-state index in [4.69, 9.17) is 10.5 Å². The molecule has 1 amide bonds. The van der Waals surface area contributed by atoms with Crippen LogP contribution in [-0.2, 0) is 4.79 Å². The van der Waals surface area contributed by atoms with Crippen molar-refractivity contribution in [1.29, 1.82) is 0 Å². The molecule has 0 aliphatic rings. The van der Waals surface area contributed by atoms with Gasteiger partial charge in [-0.05, 0) is 26.0 Å². The molecule has 0 fully saturated rings. The monoisotopic (exact) mass is 258 g/mol. The molecule has 0 saturated heterocycles. The molecule has 1 aromatic rings. The molecule has 100 valence electrons. The van der Waals surface area contributed by atoms with Crippen molar-refractivity contribution in [1.82, 2.24) is 5.32 Å². The molecule has 0 aliphatic heterocycles. The number of carbonyl (C=O) groups is 1. The van der Waals surface area contributed by atoms with Crippen LogP contribution in [0.25, 0.3) is 0 Å². The molecular formula is C12H16F2N2O2. The van der Waals surface area contributed by atoms with Crippen LogP contribution in [-0.4, -0.2) is 24.6 Å². The predicted molar refractivity (Wildman–Crippen MR) is 63.1 cm³/mol. The molecule has 3 N–H and O–H groups in total. The second kappa shape index (κ2) is 6.30. The molecule has 6 heteroatoms. The summed E-state index contributed by atoms with van der Waals surface area (Å²) < 4.78 is 31.0. The minimum Gasteiger partial charge on any atom is -0.488 e. The van der Waals surface area contributed by atoms with Crippen LogP contribution >= 0.6 is 0 Å². The highest BCUT2D eigenvalue weighted by Crippen LogP contribution is 2.17. The van der Waals surface area contributed by atoms with E-state index >= 15 is 0 Å². The van der Waals surface area contributed by atoms with Crippen LogP contribution in [0.3, 0.4) is 0 Å². The Labute approximate surface area is 104 Å². The average Bonchev–Trinajstić information content (AvgIpc) is 2.27. The molecule has 4 nitrogen and oxygen atoms in total. The maximum absolute atomic E-state index is 13.2. The van der Waals surface area contributed by atoms with Crippen molar-refractivity contribution in [3.8, 4) is 5.75 Å². The molecule has 2 atom stereocenters. The van der Waals surface area contributed by atoms with Gasteiger partial charge in [0.1, 0.15) is 12.4 Å². The second-order valence-corrected chi connectivity index (χ2v) is 4.08. The van der Waals surface area contributed by atoms with Gasteiger partial charge >= 0.3 is 0 Å². The molecule has 0 spiro atoms. The Bertz CT molecular complexity index is 425. The lowest BCUT2D eigenvalue weighted by Gasteiger charge is -2.16. The van der Waals surface area contributed by atoms with Gasteiger partial charge in [0.25, 0.3) is 0 Å². The van der Waals surface area contributed by atoms with Crippen molar-refractivity contribution >= 4 is 5.91 Å². The van der Waals surface area contributed by atoms with Crippen molar-refractivity contribution in [2.24, 2.45) is 5.73 Å². The number of benzene rings is 1. The number of halogens is 2. The lowest BCUT2D eigenvalue weighted by atomic mass is 10.3. The fourth-order valence-electron chi connectivity index (χ4n) is 1.22. The maximum atomic E-state index is 13.2. The van der Waals surface area contributed by atoms with Crippen LogP contribution < -0.4 is 15.8 Å². The summed E-state index contributed by atoms with van der Waals surface area (Å²) in [6.07, 6.45) is 0. The minimum atomic E-state index is -0.777. The van der Waals surface area contributed by atoms with Crippen LogP contribution in [0.15, 0.2) is 18.2 Å². The van der Waals surface area contributed by atoms with Gasteiger partial charge in [-0.1, -0.05) is 0 Å². The molecular weight excluding hydrogens is 242 g/mol. The largest absolute Gasteiger partial charge is 0.488 e. The van der Waals surface area contributed by atoms with E-state index in [0.717, 1.165) is 12.1 Å². The predicted octanol–water partition coefficient (Wildman–Crippen LogP) is 1.20. The van der Waals surface area contributed by atoms with E-state index in [1.54, 1.807) is 13.8 Å². The van der Waals surface area contributed by atoms with Gasteiger partial charge in [0, 0.05) is 6.07 Å². The Hall–Kier alpha value is -1.69. The number of hydrogen-bond acceptors (Lipinski definition) is 3. The molecule has 0 saturated carbocycles. The molecule has 0 radical (unpaired) electrons. The first-order valence-corrected chi connectivity index (χ1v) is 5.54. The molecule has 0 aromatic heterocycles. The number of nitrogens with two attached hydrogens (primary N) is 1. The first-order chi connectivity index (χ1) is 8.40. The average molecular weight is 258 g/mol. The maximum Gasteiger partial charge on any atom is 0.236 e. The number of amides is 1. The molecule has 1 aromatic carbocycles. The Morgan fingerprint density at radius 3 is 2.67 bits per heavy atom. The summed E-state index contributed by atoms with van der Waals surface area (Å²) in [7, 11) is 0. The lowest BCUT2D eigenvalue weighted by Crippen LogP contribution is -2.44. The highest BCUT2D eigenvalue weighted by Gasteiger charge is 2.12. The van der Waals surface area contributed by atoms with Crippen LogP contribution in [0.2, 0.25) is 0 Å². The van der Waals surface area contributed by atoms with Gasteiger partial charge in [0.2, 0.25) is 5.91 Å². The highest BCUT2D eigenvalue weighted by molar-refractivity contribution is 5.81. The van der Waals surface area contributed by atoms with Gasteiger partial charge in [-0.3, -0.25) is 4.79 Å². The zero-order valence-electron chi connectivity index (χ0n) is 10.2. The van der Waals surface area contributed by atoms with E-state index in [9.17, 15) is 13.6 Å². The standard InChI is InChI=1S/C12H16F2N2O2/c1-7(16-12(17)8(2)15)6-18-11-4-3-9(13)5-10(11)14/h3-5,7-8H,6,15H2,1-2H3,(H,16,17)/t7?,8-/m1/s1. The minimum absolute atomic E-state index is 0.0571. The van der Waals surface area contributed by atoms with Crippen molar-refractivity contribution in [2.45, 2.75) is 25.9 Å². The van der Waals surface area contributed by atoms with Gasteiger partial charge in [-0.15, -0.1) is 0 Å². The smallest absolute Gasteiger partial charge is 0.236 e. The first kappa shape index (κ1) is 14.4. The topological polar surface area (TPSA) is 64.3 Å². The summed E-state index contributed by atoms with van der Waals surface area (Å²) >= 11 is 0. The normalized spacial score (nSPS) is 13.8. The molecule has 1 rings (SSSR count). The molecule has 1 unspecified atom stereocenters. The SMILES string of the molecule is CC(COc1ccc(F)cc1F)NC(=O)[C@@H](C)N. The molecule has 0 bridgehead atoms. The van der Waals surface area contributed by atoms with Crippen LogP contribution in [0.5, 0.6) is 5.75 Å². The Balaban J connectivity index is 2.47. The van der Waals surface area contributed by atoms with E-state index in [1.165, 1.54) is 6.07 Å². The molecule has 0 aliphatic carbocycles. The Kier molecular flexibility index (Phi) is 5.03. The van der Waals surface area contributed by atoms with Crippen LogP contribution in [0, 0.1) is 11.6 Å². The summed E-state index contributed by atoms with van der Waals surface area (Å²) in [5, 5.41) is 2.59. The third kappa shape index (κ3) is 4.29. The van der Waals surface area contributed by atoms with Crippen molar-refractivity contribution in [3.63, 3.8) is 0 Å². The zero-order chi connectivity index (χ0) is 13.7. The third-order valence-corrected chi connectivity index (χ3v) is 2.18. The second-order valence-electron chi connectivity index (χ2n) is 4.08. The van der Waals surface area contributed by atoms with E-state index in [2.05, 4.69) is 5.32 Å². The summed E-state index contributed by atoms with van der Waals surface area (Å²) in [5.74, 6) is -1.82. The third-order valence-electron chi connectivity index (χ3n) is 2.18. The molecule has 0 heterocycles. The number of carbonyl (C=O) groups excluding carboxylic acids is 1. The lowest BCUT2D eigenvalue weighted by molar-refractivity contribution is -0.122. The van der Waals surface area contributed by atoms with Crippen LogP contribution in [0.4, 0.5) is 8.78 Å². The fraction of sp³-hybridized carbons (Fsp3) is 0.417. The number of ether oxygens (including phenoxy) is 1. The number of hydrogen-bond donors (Lipinski definition) is 2. The summed E-state index contributed by atoms with van der Waals surface area (Å²) in [6, 6.07) is 2.09. The van der Waals surface area contributed by atoms with E-state index in [0.29, 0.717) is 0 Å². The van der Waals surface area contributed by atoms with E-state index < -0.39 is 17.7 Å². The zero-order valence-corrected chi connectivity index (χ0v) is 10.2. The van der Waals surface area contributed by atoms with E-state index in [1.807, 2.05) is 0 Å². The van der Waals surface area contributed by atoms with Crippen molar-refractivity contribution < 1.29 is 18.3 Å². The van der Waals surface area contributed by atoms with Gasteiger partial charge in [-0.2, -0.15) is 0 Å². The van der Waals surface area contributed by atoms with Crippen molar-refractivity contribution in [3.05, 3.63) is 29.8 Å². The summed E-state index contributed by atoms with van der Waals surface area (Å²) in [6.45, 7) is 3.32. The van der Waals surface area contributed by atoms with Crippen molar-refractivity contribution in [2.75, 3.05) is 6.61 Å². The Morgan fingerprint density at radius 2 is 2.11 bits per heavy atom. The van der Waals surface area contributed by atoms with Gasteiger partial charge in [0.15, 0.2) is 11.6 Å². The van der Waals surface area contributed by atoms with Gasteiger partial charge in [0.05, 0.1) is 12.1 Å². The summed E-state index contributed by atoms with van der Waals surface area (Å²) in [4.78, 5) is 11.3. The van der Waals surface area contributed by atoms with Crippen LogP contribution in [0.1, 0.15) is 13.8 Å². The fourth-order valence-corrected chi connectivity index (χ4v) is 1.22. The Morgan fingerprint density at radius 1 is 1.44 bits per heavy atom. The van der Waals surface area contributed by atoms with Gasteiger partial charge in [-0.25, -0.2) is 8.78 Å². The number of nitrogens with one attached hydrogen (secondary N) is 1. The quantitative estimate of drug-likeness (QED) is 0.834. The highest BCUT2D eigenvalue weighted by atomic mass is 19.1. The first-order valence-electron chi connectivity index (χ1n) is 5.54. The van der Waals surface area contributed by atoms with E-state index in [-0.39, 0.29) is 24.3 Å².